The molecule has 1 aromatic carbocycles. The van der Waals surface area contributed by atoms with E-state index in [0.29, 0.717) is 32.0 Å². The van der Waals surface area contributed by atoms with E-state index in [1.807, 2.05) is 0 Å². The van der Waals surface area contributed by atoms with Crippen molar-refractivity contribution in [1.82, 2.24) is 4.90 Å². The van der Waals surface area contributed by atoms with E-state index in [0.717, 1.165) is 12.1 Å². The van der Waals surface area contributed by atoms with E-state index >= 15 is 0 Å². The van der Waals surface area contributed by atoms with Crippen LogP contribution in [-0.2, 0) is 9.59 Å². The van der Waals surface area contributed by atoms with Gasteiger partial charge in [-0.2, -0.15) is 0 Å². The number of carbonyl (C=O) groups is 2. The summed E-state index contributed by atoms with van der Waals surface area (Å²) >= 11 is 0. The van der Waals surface area contributed by atoms with Gasteiger partial charge in [0.15, 0.2) is 0 Å². The van der Waals surface area contributed by atoms with Gasteiger partial charge in [0.05, 0.1) is 0 Å². The fourth-order valence-corrected chi connectivity index (χ4v) is 2.27. The smallest absolute Gasteiger partial charge is 0.313 e. The zero-order chi connectivity index (χ0) is 15.4. The number of nitrogens with one attached hydrogen (secondary N) is 1. The first kappa shape index (κ1) is 15.4. The topological polar surface area (TPSA) is 69.6 Å². The SMILES string of the molecule is O=C(Nc1cc(F)cc(F)c1)C(=O)N1CCC(CO)CC1. The maximum Gasteiger partial charge on any atom is 0.313 e. The molecule has 0 bridgehead atoms. The summed E-state index contributed by atoms with van der Waals surface area (Å²) < 4.78 is 26.0. The molecular weight excluding hydrogens is 282 g/mol. The van der Waals surface area contributed by atoms with Gasteiger partial charge in [0.1, 0.15) is 11.6 Å². The molecule has 21 heavy (non-hydrogen) atoms. The molecular formula is C14H16F2N2O3. The van der Waals surface area contributed by atoms with Crippen LogP contribution in [0.25, 0.3) is 0 Å². The second kappa shape index (κ2) is 6.62. The maximum absolute atomic E-state index is 13.0. The Bertz CT molecular complexity index is 523. The first-order valence-corrected chi connectivity index (χ1v) is 6.67. The Kier molecular flexibility index (Phi) is 4.85. The summed E-state index contributed by atoms with van der Waals surface area (Å²) in [6.45, 7) is 0.834. The van der Waals surface area contributed by atoms with Crippen molar-refractivity contribution in [3.05, 3.63) is 29.8 Å². The lowest BCUT2D eigenvalue weighted by Crippen LogP contribution is -2.44. The Labute approximate surface area is 120 Å². The highest BCUT2D eigenvalue weighted by atomic mass is 19.1. The molecule has 1 aliphatic rings. The van der Waals surface area contributed by atoms with Crippen LogP contribution in [0.1, 0.15) is 12.8 Å². The Morgan fingerprint density at radius 3 is 2.29 bits per heavy atom. The minimum absolute atomic E-state index is 0.0663. The number of rotatable bonds is 2. The quantitative estimate of drug-likeness (QED) is 0.804. The van der Waals surface area contributed by atoms with Crippen molar-refractivity contribution in [2.75, 3.05) is 25.0 Å². The van der Waals surface area contributed by atoms with Crippen molar-refractivity contribution in [2.45, 2.75) is 12.8 Å². The highest BCUT2D eigenvalue weighted by molar-refractivity contribution is 6.39. The van der Waals surface area contributed by atoms with Gasteiger partial charge < -0.3 is 15.3 Å². The van der Waals surface area contributed by atoms with Crippen molar-refractivity contribution in [1.29, 1.82) is 0 Å². The molecule has 0 aromatic heterocycles. The minimum atomic E-state index is -0.928. The van der Waals surface area contributed by atoms with E-state index in [2.05, 4.69) is 5.32 Å². The highest BCUT2D eigenvalue weighted by Gasteiger charge is 2.26. The summed E-state index contributed by atoms with van der Waals surface area (Å²) in [6, 6.07) is 2.55. The minimum Gasteiger partial charge on any atom is -0.396 e. The Balaban J connectivity index is 1.95. The van der Waals surface area contributed by atoms with Gasteiger partial charge in [-0.3, -0.25) is 9.59 Å². The number of aliphatic hydroxyl groups excluding tert-OH is 1. The molecule has 2 rings (SSSR count). The van der Waals surface area contributed by atoms with Crippen molar-refractivity contribution in [2.24, 2.45) is 5.92 Å². The van der Waals surface area contributed by atoms with Gasteiger partial charge in [-0.25, -0.2) is 8.78 Å². The molecule has 0 unspecified atom stereocenters. The zero-order valence-corrected chi connectivity index (χ0v) is 11.3. The average Bonchev–Trinajstić information content (AvgIpc) is 2.45. The predicted molar refractivity (Wildman–Crippen MR) is 71.4 cm³/mol. The highest BCUT2D eigenvalue weighted by Crippen LogP contribution is 2.17. The lowest BCUT2D eigenvalue weighted by molar-refractivity contribution is -0.144. The van der Waals surface area contributed by atoms with Crippen molar-refractivity contribution in [3.63, 3.8) is 0 Å². The standard InChI is InChI=1S/C14H16F2N2O3/c15-10-5-11(16)7-12(6-10)17-13(20)14(21)18-3-1-9(8-19)2-4-18/h5-7,9,19H,1-4,8H2,(H,17,20). The van der Waals surface area contributed by atoms with E-state index in [4.69, 9.17) is 5.11 Å². The normalized spacial score (nSPS) is 15.9. The third-order valence-electron chi connectivity index (χ3n) is 3.47. The predicted octanol–water partition coefficient (Wildman–Crippen LogP) is 1.13. The fraction of sp³-hybridized carbons (Fsp3) is 0.429. The molecule has 7 heteroatoms. The van der Waals surface area contributed by atoms with Gasteiger partial charge in [-0.05, 0) is 30.9 Å². The van der Waals surface area contributed by atoms with E-state index in [1.165, 1.54) is 4.90 Å². The number of aliphatic hydroxyl groups is 1. The number of piperidine rings is 1. The Morgan fingerprint density at radius 1 is 1.19 bits per heavy atom. The summed E-state index contributed by atoms with van der Waals surface area (Å²) in [6.07, 6.45) is 1.26. The molecule has 2 amide bonds. The molecule has 114 valence electrons. The number of hydrogen-bond donors (Lipinski definition) is 2. The van der Waals surface area contributed by atoms with Crippen LogP contribution in [0.4, 0.5) is 14.5 Å². The summed E-state index contributed by atoms with van der Waals surface area (Å²) in [5.74, 6) is -3.18. The number of nitrogens with zero attached hydrogens (tertiary/aromatic N) is 1. The average molecular weight is 298 g/mol. The van der Waals surface area contributed by atoms with Gasteiger partial charge in [0.2, 0.25) is 0 Å². The summed E-state index contributed by atoms with van der Waals surface area (Å²) in [4.78, 5) is 25.1. The summed E-state index contributed by atoms with van der Waals surface area (Å²) in [5.41, 5.74) is -0.101. The molecule has 1 saturated heterocycles. The molecule has 2 N–H and O–H groups in total. The van der Waals surface area contributed by atoms with Gasteiger partial charge in [0, 0.05) is 31.5 Å². The van der Waals surface area contributed by atoms with Crippen molar-refractivity contribution >= 4 is 17.5 Å². The van der Waals surface area contributed by atoms with Crippen LogP contribution in [0, 0.1) is 17.6 Å². The fourth-order valence-electron chi connectivity index (χ4n) is 2.27. The van der Waals surface area contributed by atoms with E-state index in [-0.39, 0.29) is 18.2 Å². The first-order valence-electron chi connectivity index (χ1n) is 6.67. The maximum atomic E-state index is 13.0. The van der Waals surface area contributed by atoms with Crippen LogP contribution in [0.2, 0.25) is 0 Å². The molecule has 0 aliphatic carbocycles. The lowest BCUT2D eigenvalue weighted by atomic mass is 9.98. The second-order valence-electron chi connectivity index (χ2n) is 5.03. The molecule has 1 aliphatic heterocycles. The third-order valence-corrected chi connectivity index (χ3v) is 3.47. The van der Waals surface area contributed by atoms with Crippen LogP contribution in [0.3, 0.4) is 0 Å². The lowest BCUT2D eigenvalue weighted by Gasteiger charge is -2.30. The van der Waals surface area contributed by atoms with Crippen LogP contribution in [0.5, 0.6) is 0 Å². The van der Waals surface area contributed by atoms with E-state index in [9.17, 15) is 18.4 Å². The molecule has 1 aromatic rings. The number of carbonyl (C=O) groups excluding carboxylic acids is 2. The van der Waals surface area contributed by atoms with Gasteiger partial charge in [-0.1, -0.05) is 0 Å². The summed E-state index contributed by atoms with van der Waals surface area (Å²) in [5, 5.41) is 11.2. The van der Waals surface area contributed by atoms with Crippen molar-refractivity contribution < 1.29 is 23.5 Å². The zero-order valence-electron chi connectivity index (χ0n) is 11.3. The summed E-state index contributed by atoms with van der Waals surface area (Å²) in [7, 11) is 0. The van der Waals surface area contributed by atoms with Gasteiger partial charge >= 0.3 is 11.8 Å². The molecule has 1 fully saturated rings. The number of halogens is 2. The van der Waals surface area contributed by atoms with Crippen LogP contribution in [-0.4, -0.2) is 41.5 Å². The number of amides is 2. The molecule has 0 saturated carbocycles. The van der Waals surface area contributed by atoms with E-state index < -0.39 is 23.4 Å². The first-order chi connectivity index (χ1) is 9.99. The second-order valence-corrected chi connectivity index (χ2v) is 5.03. The van der Waals surface area contributed by atoms with Crippen LogP contribution in [0.15, 0.2) is 18.2 Å². The Morgan fingerprint density at radius 2 is 1.76 bits per heavy atom. The molecule has 5 nitrogen and oxygen atoms in total. The molecule has 1 heterocycles. The monoisotopic (exact) mass is 298 g/mol. The number of likely N-dealkylation sites (tertiary alicyclic amines) is 1. The largest absolute Gasteiger partial charge is 0.396 e. The van der Waals surface area contributed by atoms with Crippen molar-refractivity contribution in [3.8, 4) is 0 Å². The van der Waals surface area contributed by atoms with E-state index in [1.54, 1.807) is 0 Å². The number of benzene rings is 1. The third kappa shape index (κ3) is 3.98. The number of anilines is 1. The van der Waals surface area contributed by atoms with Crippen LogP contribution < -0.4 is 5.32 Å². The molecule has 0 atom stereocenters. The van der Waals surface area contributed by atoms with Crippen LogP contribution >= 0.6 is 0 Å². The Hall–Kier alpha value is -2.02. The number of hydrogen-bond acceptors (Lipinski definition) is 3. The molecule has 0 spiro atoms. The van der Waals surface area contributed by atoms with Gasteiger partial charge in [-0.15, -0.1) is 0 Å². The van der Waals surface area contributed by atoms with Gasteiger partial charge in [0.25, 0.3) is 0 Å². The molecule has 0 radical (unpaired) electrons.